The number of pyridine rings is 1. The van der Waals surface area contributed by atoms with Crippen LogP contribution in [0.15, 0.2) is 30.3 Å². The minimum atomic E-state index is -1.17. The number of carbonyl (C=O) groups is 2. The Morgan fingerprint density at radius 2 is 1.96 bits per heavy atom. The highest BCUT2D eigenvalue weighted by atomic mass is 16.5. The minimum absolute atomic E-state index is 0.0715. The molecule has 1 atom stereocenters. The molecule has 1 aromatic heterocycles. The number of hydrogen-bond acceptors (Lipinski definition) is 4. The maximum absolute atomic E-state index is 12.3. The topological polar surface area (TPSA) is 88.5 Å². The highest BCUT2D eigenvalue weighted by molar-refractivity contribution is 5.94. The van der Waals surface area contributed by atoms with E-state index in [1.165, 1.54) is 18.2 Å². The van der Waals surface area contributed by atoms with E-state index in [0.29, 0.717) is 6.61 Å². The minimum Gasteiger partial charge on any atom is -0.490 e. The van der Waals surface area contributed by atoms with Crippen LogP contribution in [-0.2, 0) is 0 Å². The predicted octanol–water partition coefficient (Wildman–Crippen LogP) is 2.26. The molecule has 0 bridgehead atoms. The molecule has 0 radical (unpaired) electrons. The number of hydrogen-bond donors (Lipinski definition) is 2. The summed E-state index contributed by atoms with van der Waals surface area (Å²) in [6, 6.07) is 7.99. The largest absolute Gasteiger partial charge is 0.490 e. The Balaban J connectivity index is 1.82. The molecule has 0 aliphatic carbocycles. The molecule has 2 aromatic rings. The monoisotopic (exact) mass is 312 g/mol. The summed E-state index contributed by atoms with van der Waals surface area (Å²) in [4.78, 5) is 27.1. The van der Waals surface area contributed by atoms with Gasteiger partial charge in [-0.3, -0.25) is 4.79 Å². The molecule has 1 aromatic carbocycles. The van der Waals surface area contributed by atoms with Gasteiger partial charge in [0.05, 0.1) is 6.04 Å². The van der Waals surface area contributed by atoms with Crippen molar-refractivity contribution in [3.63, 3.8) is 0 Å². The number of aryl methyl sites for hydroxylation is 1. The fourth-order valence-electron chi connectivity index (χ4n) is 2.57. The van der Waals surface area contributed by atoms with E-state index in [2.05, 4.69) is 10.3 Å². The van der Waals surface area contributed by atoms with Gasteiger partial charge in [0, 0.05) is 5.56 Å². The van der Waals surface area contributed by atoms with E-state index < -0.39 is 11.9 Å². The quantitative estimate of drug-likeness (QED) is 0.907. The molecular weight excluding hydrogens is 296 g/mol. The second-order valence-corrected chi connectivity index (χ2v) is 5.48. The number of carboxylic acids is 1. The lowest BCUT2D eigenvalue weighted by Crippen LogP contribution is -2.30. The van der Waals surface area contributed by atoms with Gasteiger partial charge in [-0.15, -0.1) is 0 Å². The Bertz CT molecular complexity index is 801. The number of nitrogens with one attached hydrogen (secondary N) is 1. The van der Waals surface area contributed by atoms with Crippen LogP contribution in [0.25, 0.3) is 0 Å². The molecule has 23 heavy (non-hydrogen) atoms. The number of fused-ring (bicyclic) bond motifs is 1. The standard InChI is InChI=1S/C17H16N2O4/c1-9-6-7-11-14(8-23-15(11)10(9)2)19-16(20)12-4-3-5-13(18-12)17(21)22/h3-7,14H,8H2,1-2H3,(H,19,20)(H,21,22). The number of carbonyl (C=O) groups excluding carboxylic acids is 1. The molecule has 1 amide bonds. The smallest absolute Gasteiger partial charge is 0.354 e. The summed E-state index contributed by atoms with van der Waals surface area (Å²) in [5, 5.41) is 11.8. The second kappa shape index (κ2) is 5.72. The molecular formula is C17H16N2O4. The van der Waals surface area contributed by atoms with Crippen molar-refractivity contribution in [2.75, 3.05) is 6.61 Å². The lowest BCUT2D eigenvalue weighted by Gasteiger charge is -2.12. The SMILES string of the molecule is Cc1ccc2c(c1C)OCC2NC(=O)c1cccc(C(=O)O)n1. The maximum Gasteiger partial charge on any atom is 0.354 e. The van der Waals surface area contributed by atoms with Gasteiger partial charge in [-0.2, -0.15) is 0 Å². The van der Waals surface area contributed by atoms with Crippen LogP contribution in [0.4, 0.5) is 0 Å². The van der Waals surface area contributed by atoms with Gasteiger partial charge >= 0.3 is 5.97 Å². The van der Waals surface area contributed by atoms with Crippen LogP contribution in [0.2, 0.25) is 0 Å². The maximum atomic E-state index is 12.3. The number of carboxylic acid groups (broad SMARTS) is 1. The van der Waals surface area contributed by atoms with Gasteiger partial charge in [-0.05, 0) is 37.1 Å². The molecule has 3 rings (SSSR count). The highest BCUT2D eigenvalue weighted by Gasteiger charge is 2.28. The Labute approximate surface area is 133 Å². The molecule has 6 heteroatoms. The molecule has 118 valence electrons. The highest BCUT2D eigenvalue weighted by Crippen LogP contribution is 2.36. The molecule has 2 heterocycles. The lowest BCUT2D eigenvalue weighted by molar-refractivity contribution is 0.0690. The summed E-state index contributed by atoms with van der Waals surface area (Å²) in [7, 11) is 0. The number of rotatable bonds is 3. The Hall–Kier alpha value is -2.89. The number of benzene rings is 1. The third-order valence-corrected chi connectivity index (χ3v) is 3.98. The molecule has 2 N–H and O–H groups in total. The van der Waals surface area contributed by atoms with Crippen molar-refractivity contribution in [2.45, 2.75) is 19.9 Å². The fourth-order valence-corrected chi connectivity index (χ4v) is 2.57. The van der Waals surface area contributed by atoms with Gasteiger partial charge in [0.15, 0.2) is 0 Å². The van der Waals surface area contributed by atoms with E-state index >= 15 is 0 Å². The van der Waals surface area contributed by atoms with Crippen molar-refractivity contribution in [3.05, 3.63) is 58.4 Å². The first-order valence-corrected chi connectivity index (χ1v) is 7.21. The van der Waals surface area contributed by atoms with Gasteiger partial charge in [-0.25, -0.2) is 9.78 Å². The van der Waals surface area contributed by atoms with E-state index in [9.17, 15) is 9.59 Å². The third kappa shape index (κ3) is 2.75. The molecule has 6 nitrogen and oxygen atoms in total. The molecule has 1 aliphatic heterocycles. The summed E-state index contributed by atoms with van der Waals surface area (Å²) in [6.45, 7) is 4.34. The van der Waals surface area contributed by atoms with Gasteiger partial charge in [-0.1, -0.05) is 18.2 Å². The molecule has 0 spiro atoms. The van der Waals surface area contributed by atoms with Gasteiger partial charge < -0.3 is 15.2 Å². The van der Waals surface area contributed by atoms with Crippen LogP contribution in [0, 0.1) is 13.8 Å². The van der Waals surface area contributed by atoms with Crippen molar-refractivity contribution in [2.24, 2.45) is 0 Å². The predicted molar refractivity (Wildman–Crippen MR) is 82.8 cm³/mol. The van der Waals surface area contributed by atoms with E-state index in [1.54, 1.807) is 0 Å². The van der Waals surface area contributed by atoms with Crippen molar-refractivity contribution >= 4 is 11.9 Å². The molecule has 0 saturated heterocycles. The van der Waals surface area contributed by atoms with Crippen molar-refractivity contribution < 1.29 is 19.4 Å². The third-order valence-electron chi connectivity index (χ3n) is 3.98. The van der Waals surface area contributed by atoms with Crippen molar-refractivity contribution in [3.8, 4) is 5.75 Å². The van der Waals surface area contributed by atoms with Crippen LogP contribution in [0.5, 0.6) is 5.75 Å². The number of ether oxygens (including phenoxy) is 1. The first-order chi connectivity index (χ1) is 11.0. The van der Waals surface area contributed by atoms with Crippen LogP contribution in [0.3, 0.4) is 0 Å². The average Bonchev–Trinajstić information content (AvgIpc) is 2.94. The number of amides is 1. The van der Waals surface area contributed by atoms with E-state index in [1.807, 2.05) is 26.0 Å². The van der Waals surface area contributed by atoms with Gasteiger partial charge in [0.2, 0.25) is 0 Å². The zero-order valence-electron chi connectivity index (χ0n) is 12.8. The fraction of sp³-hybridized carbons (Fsp3) is 0.235. The first kappa shape index (κ1) is 15.0. The van der Waals surface area contributed by atoms with Gasteiger partial charge in [0.1, 0.15) is 23.7 Å². The van der Waals surface area contributed by atoms with Crippen LogP contribution >= 0.6 is 0 Å². The molecule has 1 unspecified atom stereocenters. The number of nitrogens with zero attached hydrogens (tertiary/aromatic N) is 1. The zero-order chi connectivity index (χ0) is 16.6. The summed E-state index contributed by atoms with van der Waals surface area (Å²) < 4.78 is 5.69. The molecule has 1 aliphatic rings. The van der Waals surface area contributed by atoms with Crippen molar-refractivity contribution in [1.82, 2.24) is 10.3 Å². The van der Waals surface area contributed by atoms with Crippen LogP contribution in [0.1, 0.15) is 43.7 Å². The molecule has 0 fully saturated rings. The Kier molecular flexibility index (Phi) is 3.73. The number of aromatic nitrogens is 1. The molecule has 0 saturated carbocycles. The zero-order valence-corrected chi connectivity index (χ0v) is 12.8. The van der Waals surface area contributed by atoms with Gasteiger partial charge in [0.25, 0.3) is 5.91 Å². The van der Waals surface area contributed by atoms with E-state index in [4.69, 9.17) is 9.84 Å². The van der Waals surface area contributed by atoms with Crippen LogP contribution in [-0.4, -0.2) is 28.6 Å². The first-order valence-electron chi connectivity index (χ1n) is 7.21. The summed E-state index contributed by atoms with van der Waals surface area (Å²) in [5.74, 6) is -0.782. The van der Waals surface area contributed by atoms with Crippen LogP contribution < -0.4 is 10.1 Å². The summed E-state index contributed by atoms with van der Waals surface area (Å²) in [6.07, 6.45) is 0. The average molecular weight is 312 g/mol. The van der Waals surface area contributed by atoms with Crippen molar-refractivity contribution in [1.29, 1.82) is 0 Å². The summed E-state index contributed by atoms with van der Waals surface area (Å²) >= 11 is 0. The summed E-state index contributed by atoms with van der Waals surface area (Å²) in [5.41, 5.74) is 3.03. The Morgan fingerprint density at radius 1 is 1.22 bits per heavy atom. The second-order valence-electron chi connectivity index (χ2n) is 5.48. The Morgan fingerprint density at radius 3 is 2.70 bits per heavy atom. The lowest BCUT2D eigenvalue weighted by atomic mass is 10.0. The van der Waals surface area contributed by atoms with E-state index in [0.717, 1.165) is 22.4 Å². The number of aromatic carboxylic acids is 1. The normalized spacial score (nSPS) is 15.7. The van der Waals surface area contributed by atoms with E-state index in [-0.39, 0.29) is 17.4 Å².